The van der Waals surface area contributed by atoms with Gasteiger partial charge in [-0.2, -0.15) is 0 Å². The van der Waals surface area contributed by atoms with E-state index in [1.807, 2.05) is 13.8 Å². The van der Waals surface area contributed by atoms with Gasteiger partial charge in [0.15, 0.2) is 0 Å². The van der Waals surface area contributed by atoms with E-state index < -0.39 is 11.6 Å². The molecule has 0 radical (unpaired) electrons. The van der Waals surface area contributed by atoms with Gasteiger partial charge in [-0.3, -0.25) is 0 Å². The molecule has 1 N–H and O–H groups in total. The van der Waals surface area contributed by atoms with Gasteiger partial charge < -0.3 is 10.1 Å². The van der Waals surface area contributed by atoms with E-state index in [1.165, 1.54) is 18.2 Å². The average molecular weight is 229 g/mol. The smallest absolute Gasteiger partial charge is 0.149 e. The Labute approximate surface area is 94.6 Å². The molecule has 1 unspecified atom stereocenters. The second-order valence-corrected chi connectivity index (χ2v) is 4.05. The number of benzene rings is 1. The largest absolute Gasteiger partial charge is 0.383 e. The maximum absolute atomic E-state index is 13.4. The number of hydrogen-bond acceptors (Lipinski definition) is 2. The van der Waals surface area contributed by atoms with Crippen molar-refractivity contribution in [2.24, 2.45) is 5.92 Å². The van der Waals surface area contributed by atoms with Crippen LogP contribution < -0.4 is 5.32 Å². The van der Waals surface area contributed by atoms with Gasteiger partial charge in [0.2, 0.25) is 0 Å². The molecule has 0 bridgehead atoms. The van der Waals surface area contributed by atoms with Crippen LogP contribution in [0.25, 0.3) is 0 Å². The summed E-state index contributed by atoms with van der Waals surface area (Å²) in [6, 6.07) is 3.69. The van der Waals surface area contributed by atoms with Crippen molar-refractivity contribution in [2.45, 2.75) is 19.9 Å². The molecule has 0 heterocycles. The van der Waals surface area contributed by atoms with E-state index in [1.54, 1.807) is 7.11 Å². The number of methoxy groups -OCH3 is 1. The second kappa shape index (κ2) is 5.80. The molecule has 1 aromatic rings. The molecule has 0 amide bonds. The van der Waals surface area contributed by atoms with Gasteiger partial charge >= 0.3 is 0 Å². The summed E-state index contributed by atoms with van der Waals surface area (Å²) in [7, 11) is 1.56. The molecule has 0 aromatic heterocycles. The van der Waals surface area contributed by atoms with Gasteiger partial charge in [0.25, 0.3) is 0 Å². The number of para-hydroxylation sites is 1. The topological polar surface area (TPSA) is 21.3 Å². The van der Waals surface area contributed by atoms with E-state index in [0.29, 0.717) is 6.61 Å². The summed E-state index contributed by atoms with van der Waals surface area (Å²) in [6.45, 7) is 4.34. The highest BCUT2D eigenvalue weighted by Crippen LogP contribution is 2.20. The van der Waals surface area contributed by atoms with Crippen LogP contribution in [0.1, 0.15) is 13.8 Å². The van der Waals surface area contributed by atoms with Crippen LogP contribution in [0.3, 0.4) is 0 Å². The van der Waals surface area contributed by atoms with Crippen molar-refractivity contribution in [1.29, 1.82) is 0 Å². The van der Waals surface area contributed by atoms with E-state index in [9.17, 15) is 8.78 Å². The lowest BCUT2D eigenvalue weighted by molar-refractivity contribution is 0.171. The molecular formula is C12H17F2NO. The molecule has 16 heavy (non-hydrogen) atoms. The maximum Gasteiger partial charge on any atom is 0.149 e. The summed E-state index contributed by atoms with van der Waals surface area (Å²) in [5.41, 5.74) is -0.0850. The monoisotopic (exact) mass is 229 g/mol. The first-order valence-electron chi connectivity index (χ1n) is 5.25. The minimum absolute atomic E-state index is 0.0850. The van der Waals surface area contributed by atoms with Gasteiger partial charge in [-0.25, -0.2) is 8.78 Å². The summed E-state index contributed by atoms with van der Waals surface area (Å²) in [5, 5.41) is 2.84. The number of ether oxygens (including phenoxy) is 1. The Balaban J connectivity index is 2.84. The molecule has 0 aliphatic heterocycles. The Hall–Kier alpha value is -1.16. The average Bonchev–Trinajstić information content (AvgIpc) is 2.21. The van der Waals surface area contributed by atoms with Crippen LogP contribution in [0.5, 0.6) is 0 Å². The number of halogens is 2. The quantitative estimate of drug-likeness (QED) is 0.837. The van der Waals surface area contributed by atoms with Gasteiger partial charge in [-0.05, 0) is 18.1 Å². The SMILES string of the molecule is COCC(Nc1c(F)cccc1F)C(C)C. The van der Waals surface area contributed by atoms with Crippen LogP contribution in [0.4, 0.5) is 14.5 Å². The maximum atomic E-state index is 13.4. The summed E-state index contributed by atoms with van der Waals surface area (Å²) in [6.07, 6.45) is 0. The van der Waals surface area contributed by atoms with Crippen molar-refractivity contribution in [1.82, 2.24) is 0 Å². The molecule has 4 heteroatoms. The first-order valence-corrected chi connectivity index (χ1v) is 5.25. The third-order valence-corrected chi connectivity index (χ3v) is 2.44. The Kier molecular flexibility index (Phi) is 4.68. The van der Waals surface area contributed by atoms with Crippen molar-refractivity contribution in [3.8, 4) is 0 Å². The van der Waals surface area contributed by atoms with Gasteiger partial charge in [0.1, 0.15) is 17.3 Å². The minimum Gasteiger partial charge on any atom is -0.383 e. The fraction of sp³-hybridized carbons (Fsp3) is 0.500. The lowest BCUT2D eigenvalue weighted by Gasteiger charge is -2.23. The number of hydrogen-bond donors (Lipinski definition) is 1. The number of rotatable bonds is 5. The normalized spacial score (nSPS) is 12.9. The molecule has 0 spiro atoms. The van der Waals surface area contributed by atoms with E-state index in [2.05, 4.69) is 5.32 Å². The van der Waals surface area contributed by atoms with E-state index >= 15 is 0 Å². The van der Waals surface area contributed by atoms with Crippen molar-refractivity contribution in [3.05, 3.63) is 29.8 Å². The minimum atomic E-state index is -0.582. The molecule has 1 atom stereocenters. The summed E-state index contributed by atoms with van der Waals surface area (Å²) < 4.78 is 31.8. The first-order chi connectivity index (χ1) is 7.56. The van der Waals surface area contributed by atoms with Crippen LogP contribution in [0.2, 0.25) is 0 Å². The number of anilines is 1. The first kappa shape index (κ1) is 12.9. The van der Waals surface area contributed by atoms with Crippen molar-refractivity contribution >= 4 is 5.69 Å². The Morgan fingerprint density at radius 2 is 1.81 bits per heavy atom. The summed E-state index contributed by atoms with van der Waals surface area (Å²) >= 11 is 0. The molecule has 0 aliphatic rings. The van der Waals surface area contributed by atoms with Gasteiger partial charge in [0.05, 0.1) is 12.6 Å². The van der Waals surface area contributed by atoms with Gasteiger partial charge in [0, 0.05) is 7.11 Å². The zero-order chi connectivity index (χ0) is 12.1. The lowest BCUT2D eigenvalue weighted by Crippen LogP contribution is -2.31. The Morgan fingerprint density at radius 3 is 2.25 bits per heavy atom. The van der Waals surface area contributed by atoms with Crippen LogP contribution in [0, 0.1) is 17.6 Å². The molecule has 2 nitrogen and oxygen atoms in total. The second-order valence-electron chi connectivity index (χ2n) is 4.05. The van der Waals surface area contributed by atoms with E-state index in [4.69, 9.17) is 4.74 Å². The van der Waals surface area contributed by atoms with Crippen LogP contribution in [-0.4, -0.2) is 19.8 Å². The molecule has 0 saturated heterocycles. The molecule has 0 fully saturated rings. The highest BCUT2D eigenvalue weighted by Gasteiger charge is 2.17. The highest BCUT2D eigenvalue weighted by atomic mass is 19.1. The van der Waals surface area contributed by atoms with Crippen molar-refractivity contribution in [3.63, 3.8) is 0 Å². The lowest BCUT2D eigenvalue weighted by atomic mass is 10.0. The van der Waals surface area contributed by atoms with Crippen molar-refractivity contribution < 1.29 is 13.5 Å². The third kappa shape index (κ3) is 3.17. The third-order valence-electron chi connectivity index (χ3n) is 2.44. The molecule has 0 aliphatic carbocycles. The summed E-state index contributed by atoms with van der Waals surface area (Å²) in [5.74, 6) is -0.942. The standard InChI is InChI=1S/C12H17F2NO/c1-8(2)11(7-16-3)15-12-9(13)5-4-6-10(12)14/h4-6,8,11,15H,7H2,1-3H3. The van der Waals surface area contributed by atoms with Crippen molar-refractivity contribution in [2.75, 3.05) is 19.0 Å². The highest BCUT2D eigenvalue weighted by molar-refractivity contribution is 5.47. The molecule has 0 saturated carbocycles. The Morgan fingerprint density at radius 1 is 1.25 bits per heavy atom. The zero-order valence-electron chi connectivity index (χ0n) is 9.76. The predicted molar refractivity (Wildman–Crippen MR) is 60.5 cm³/mol. The van der Waals surface area contributed by atoms with Crippen LogP contribution in [0.15, 0.2) is 18.2 Å². The summed E-state index contributed by atoms with van der Waals surface area (Å²) in [4.78, 5) is 0. The van der Waals surface area contributed by atoms with Gasteiger partial charge in [-0.15, -0.1) is 0 Å². The fourth-order valence-corrected chi connectivity index (χ4v) is 1.40. The van der Waals surface area contributed by atoms with E-state index in [-0.39, 0.29) is 17.6 Å². The Bertz CT molecular complexity index is 322. The van der Waals surface area contributed by atoms with Crippen LogP contribution >= 0.6 is 0 Å². The molecule has 1 aromatic carbocycles. The molecular weight excluding hydrogens is 212 g/mol. The fourth-order valence-electron chi connectivity index (χ4n) is 1.40. The van der Waals surface area contributed by atoms with Crippen LogP contribution in [-0.2, 0) is 4.74 Å². The zero-order valence-corrected chi connectivity index (χ0v) is 9.76. The predicted octanol–water partition coefficient (Wildman–Crippen LogP) is 3.05. The van der Waals surface area contributed by atoms with E-state index in [0.717, 1.165) is 0 Å². The molecule has 1 rings (SSSR count). The molecule has 90 valence electrons. The number of nitrogens with one attached hydrogen (secondary N) is 1. The van der Waals surface area contributed by atoms with Gasteiger partial charge in [-0.1, -0.05) is 19.9 Å².